The van der Waals surface area contributed by atoms with E-state index in [1.807, 2.05) is 26.8 Å². The molecule has 3 aromatic rings. The highest BCUT2D eigenvalue weighted by Gasteiger charge is 2.23. The second kappa shape index (κ2) is 8.26. The Morgan fingerprint density at radius 1 is 1.20 bits per heavy atom. The van der Waals surface area contributed by atoms with Gasteiger partial charge in [0, 0.05) is 40.9 Å². The molecule has 2 aromatic heterocycles. The number of benzene rings is 1. The summed E-state index contributed by atoms with van der Waals surface area (Å²) in [6.07, 6.45) is 4.69. The Balaban J connectivity index is 1.52. The zero-order valence-corrected chi connectivity index (χ0v) is 18.3. The van der Waals surface area contributed by atoms with Gasteiger partial charge in [0.2, 0.25) is 5.91 Å². The first-order valence-electron chi connectivity index (χ1n) is 10.8. The number of nitrogens with one attached hydrogen (secondary N) is 1. The Morgan fingerprint density at radius 3 is 2.77 bits per heavy atom. The minimum Gasteiger partial charge on any atom is -0.464 e. The highest BCUT2D eigenvalue weighted by atomic mass is 16.4. The van der Waals surface area contributed by atoms with Crippen molar-refractivity contribution >= 4 is 27.8 Å². The molecule has 0 aliphatic carbocycles. The van der Waals surface area contributed by atoms with E-state index in [0.29, 0.717) is 30.2 Å². The van der Waals surface area contributed by atoms with Crippen LogP contribution in [0.25, 0.3) is 21.9 Å². The molecule has 160 valence electrons. The van der Waals surface area contributed by atoms with Gasteiger partial charge in [0.15, 0.2) is 0 Å². The highest BCUT2D eigenvalue weighted by molar-refractivity contribution is 5.99. The number of hydrogen-bond donors (Lipinski definition) is 1. The third kappa shape index (κ3) is 3.65. The summed E-state index contributed by atoms with van der Waals surface area (Å²) in [6, 6.07) is 2.45. The van der Waals surface area contributed by atoms with E-state index in [9.17, 15) is 9.59 Å². The normalized spacial score (nSPS) is 17.3. The molecule has 1 amide bonds. The molecular weight excluding hydrogens is 380 g/mol. The van der Waals surface area contributed by atoms with Gasteiger partial charge in [-0.25, -0.2) is 4.79 Å². The summed E-state index contributed by atoms with van der Waals surface area (Å²) in [7, 11) is 0. The van der Waals surface area contributed by atoms with Gasteiger partial charge in [0.1, 0.15) is 11.2 Å². The summed E-state index contributed by atoms with van der Waals surface area (Å²) in [5.41, 5.74) is 4.29. The van der Waals surface area contributed by atoms with Crippen molar-refractivity contribution in [1.82, 2.24) is 10.2 Å². The number of likely N-dealkylation sites (N-methyl/N-ethyl adjacent to an activating group) is 1. The number of likely N-dealkylation sites (tertiary alicyclic amines) is 1. The monoisotopic (exact) mass is 410 g/mol. The Kier molecular flexibility index (Phi) is 5.69. The minimum atomic E-state index is -0.369. The first-order valence-corrected chi connectivity index (χ1v) is 10.8. The molecule has 0 bridgehead atoms. The van der Waals surface area contributed by atoms with Gasteiger partial charge >= 0.3 is 5.63 Å². The second-order valence-corrected chi connectivity index (χ2v) is 8.40. The first kappa shape index (κ1) is 20.7. The second-order valence-electron chi connectivity index (χ2n) is 8.40. The smallest absolute Gasteiger partial charge is 0.339 e. The van der Waals surface area contributed by atoms with Gasteiger partial charge in [0.05, 0.1) is 6.26 Å². The van der Waals surface area contributed by atoms with Crippen LogP contribution in [0.1, 0.15) is 48.4 Å². The van der Waals surface area contributed by atoms with E-state index in [1.165, 1.54) is 6.42 Å². The Hall–Kier alpha value is -2.60. The molecule has 0 saturated carbocycles. The summed E-state index contributed by atoms with van der Waals surface area (Å²) < 4.78 is 11.3. The number of hydrogen-bond acceptors (Lipinski definition) is 5. The fraction of sp³-hybridized carbons (Fsp3) is 0.500. The molecule has 1 atom stereocenters. The van der Waals surface area contributed by atoms with E-state index in [2.05, 4.69) is 17.1 Å². The number of carbonyl (C=O) groups excluding carboxylic acids is 1. The lowest BCUT2D eigenvalue weighted by Crippen LogP contribution is -2.40. The van der Waals surface area contributed by atoms with E-state index in [4.69, 9.17) is 8.83 Å². The number of furan rings is 1. The maximum atomic E-state index is 12.7. The van der Waals surface area contributed by atoms with Crippen molar-refractivity contribution in [2.45, 2.75) is 59.4 Å². The lowest BCUT2D eigenvalue weighted by atomic mass is 9.98. The van der Waals surface area contributed by atoms with Crippen LogP contribution < -0.4 is 10.9 Å². The summed E-state index contributed by atoms with van der Waals surface area (Å²) in [5.74, 6) is -0.0193. The maximum absolute atomic E-state index is 12.7. The zero-order valence-electron chi connectivity index (χ0n) is 18.3. The average Bonchev–Trinajstić information content (AvgIpc) is 3.34. The molecule has 6 nitrogen and oxygen atoms in total. The van der Waals surface area contributed by atoms with Crippen LogP contribution in [0.5, 0.6) is 0 Å². The molecule has 30 heavy (non-hydrogen) atoms. The summed E-state index contributed by atoms with van der Waals surface area (Å²) >= 11 is 0. The Bertz CT molecular complexity index is 1160. The maximum Gasteiger partial charge on any atom is 0.339 e. The number of rotatable bonds is 6. The lowest BCUT2D eigenvalue weighted by Gasteiger charge is -2.22. The summed E-state index contributed by atoms with van der Waals surface area (Å²) in [4.78, 5) is 27.5. The van der Waals surface area contributed by atoms with Crippen LogP contribution in [-0.4, -0.2) is 36.5 Å². The number of fused-ring (bicyclic) bond motifs is 2. The Morgan fingerprint density at radius 2 is 2.00 bits per heavy atom. The number of amides is 1. The molecule has 6 heteroatoms. The van der Waals surface area contributed by atoms with Crippen molar-refractivity contribution in [2.24, 2.45) is 0 Å². The molecular formula is C24H30N2O4. The van der Waals surface area contributed by atoms with Crippen LogP contribution in [0, 0.1) is 20.8 Å². The number of nitrogens with zero attached hydrogens (tertiary/aromatic N) is 1. The molecule has 1 aliphatic heterocycles. The largest absolute Gasteiger partial charge is 0.464 e. The van der Waals surface area contributed by atoms with Crippen molar-refractivity contribution in [1.29, 1.82) is 0 Å². The summed E-state index contributed by atoms with van der Waals surface area (Å²) in [6.45, 7) is 10.8. The van der Waals surface area contributed by atoms with Crippen LogP contribution in [0.15, 0.2) is 26.0 Å². The van der Waals surface area contributed by atoms with Crippen molar-refractivity contribution in [3.8, 4) is 0 Å². The predicted octanol–water partition coefficient (Wildman–Crippen LogP) is 4.00. The van der Waals surface area contributed by atoms with Gasteiger partial charge < -0.3 is 14.2 Å². The van der Waals surface area contributed by atoms with E-state index in [1.54, 1.807) is 6.26 Å². The van der Waals surface area contributed by atoms with Gasteiger partial charge in [-0.1, -0.05) is 6.92 Å². The van der Waals surface area contributed by atoms with Crippen LogP contribution in [0.2, 0.25) is 0 Å². The third-order valence-electron chi connectivity index (χ3n) is 6.58. The molecule has 0 unspecified atom stereocenters. The standard InChI is InChI=1S/C24H30N2O4/c1-5-26-10-6-7-17(26)12-25-21(27)9-8-18-15(3)20-11-19-14(2)13-29-22(19)16(4)23(20)30-24(18)28/h11,13,17H,5-10,12H2,1-4H3,(H,25,27)/t17-/m0/s1. The topological polar surface area (TPSA) is 75.7 Å². The molecule has 4 rings (SSSR count). The van der Waals surface area contributed by atoms with Crippen LogP contribution in [-0.2, 0) is 11.2 Å². The molecule has 0 radical (unpaired) electrons. The van der Waals surface area contributed by atoms with E-state index in [-0.39, 0.29) is 18.0 Å². The highest BCUT2D eigenvalue weighted by Crippen LogP contribution is 2.32. The van der Waals surface area contributed by atoms with E-state index in [0.717, 1.165) is 52.6 Å². The minimum absolute atomic E-state index is 0.0193. The number of aryl methyl sites for hydroxylation is 3. The fourth-order valence-electron chi connectivity index (χ4n) is 4.71. The molecule has 3 heterocycles. The third-order valence-corrected chi connectivity index (χ3v) is 6.58. The lowest BCUT2D eigenvalue weighted by molar-refractivity contribution is -0.121. The zero-order chi connectivity index (χ0) is 21.4. The van der Waals surface area contributed by atoms with Gasteiger partial charge in [0.25, 0.3) is 0 Å². The van der Waals surface area contributed by atoms with Gasteiger partial charge in [-0.15, -0.1) is 0 Å². The number of carbonyl (C=O) groups is 1. The van der Waals surface area contributed by atoms with Gasteiger partial charge in [-0.2, -0.15) is 0 Å². The molecule has 1 aliphatic rings. The Labute approximate surface area is 176 Å². The van der Waals surface area contributed by atoms with E-state index < -0.39 is 0 Å². The quantitative estimate of drug-likeness (QED) is 0.622. The van der Waals surface area contributed by atoms with Crippen molar-refractivity contribution in [2.75, 3.05) is 19.6 Å². The van der Waals surface area contributed by atoms with Gasteiger partial charge in [-0.05, 0) is 70.3 Å². The van der Waals surface area contributed by atoms with Crippen LogP contribution in [0.4, 0.5) is 0 Å². The van der Waals surface area contributed by atoms with Crippen LogP contribution in [0.3, 0.4) is 0 Å². The SMILES string of the molecule is CCN1CCC[C@H]1CNC(=O)CCc1c(C)c2cc3c(C)coc3c(C)c2oc1=O. The summed E-state index contributed by atoms with van der Waals surface area (Å²) in [5, 5.41) is 4.98. The molecule has 1 saturated heterocycles. The molecule has 0 spiro atoms. The van der Waals surface area contributed by atoms with Crippen LogP contribution >= 0.6 is 0 Å². The van der Waals surface area contributed by atoms with E-state index >= 15 is 0 Å². The molecule has 1 fully saturated rings. The molecule has 1 N–H and O–H groups in total. The first-order chi connectivity index (χ1) is 14.4. The average molecular weight is 411 g/mol. The van der Waals surface area contributed by atoms with Crippen molar-refractivity contribution in [3.05, 3.63) is 45.0 Å². The predicted molar refractivity (Wildman–Crippen MR) is 118 cm³/mol. The van der Waals surface area contributed by atoms with Gasteiger partial charge in [-0.3, -0.25) is 9.69 Å². The van der Waals surface area contributed by atoms with Crippen molar-refractivity contribution < 1.29 is 13.6 Å². The fourth-order valence-corrected chi connectivity index (χ4v) is 4.71. The molecule has 1 aromatic carbocycles. The van der Waals surface area contributed by atoms with Crippen molar-refractivity contribution in [3.63, 3.8) is 0 Å².